The van der Waals surface area contributed by atoms with Crippen LogP contribution < -0.4 is 0 Å². The van der Waals surface area contributed by atoms with Gasteiger partial charge in [-0.15, -0.1) is 0 Å². The number of hydrogen-bond donors (Lipinski definition) is 0. The van der Waals surface area contributed by atoms with Crippen molar-refractivity contribution in [1.29, 1.82) is 0 Å². The Morgan fingerprint density at radius 1 is 1.23 bits per heavy atom. The Bertz CT molecular complexity index is 824. The summed E-state index contributed by atoms with van der Waals surface area (Å²) in [5.41, 5.74) is 1.57. The third-order valence-electron chi connectivity index (χ3n) is 4.52. The normalized spacial score (nSPS) is 14.3. The molecule has 0 saturated heterocycles. The van der Waals surface area contributed by atoms with Gasteiger partial charge >= 0.3 is 0 Å². The van der Waals surface area contributed by atoms with Crippen LogP contribution in [-0.4, -0.2) is 36.1 Å². The highest BCUT2D eigenvalue weighted by molar-refractivity contribution is 6.77. The molecule has 0 unspecified atom stereocenters. The van der Waals surface area contributed by atoms with Crippen molar-refractivity contribution >= 4 is 48.8 Å². The number of nitrogens with zero attached hydrogens (tertiary/aromatic N) is 2. The summed E-state index contributed by atoms with van der Waals surface area (Å²) < 4.78 is 0. The smallest absolute Gasteiger partial charge is 0.256 e. The summed E-state index contributed by atoms with van der Waals surface area (Å²) in [6.45, 7) is 4.57. The second kappa shape index (κ2) is 7.89. The van der Waals surface area contributed by atoms with Gasteiger partial charge in [-0.3, -0.25) is 4.79 Å². The number of rotatable bonds is 6. The second-order valence-corrected chi connectivity index (χ2v) is 13.8. The summed E-state index contributed by atoms with van der Waals surface area (Å²) in [4.78, 5) is 19.1. The molecule has 1 fully saturated rings. The van der Waals surface area contributed by atoms with E-state index in [0.717, 1.165) is 30.6 Å². The van der Waals surface area contributed by atoms with Gasteiger partial charge in [0, 0.05) is 28.5 Å². The minimum atomic E-state index is -1.78. The van der Waals surface area contributed by atoms with E-state index < -0.39 is 8.07 Å². The lowest BCUT2D eigenvalue weighted by Gasteiger charge is -2.32. The molecule has 138 valence electrons. The molecular weight excluding hydrogens is 407 g/mol. The predicted molar refractivity (Wildman–Crippen MR) is 111 cm³/mol. The van der Waals surface area contributed by atoms with Gasteiger partial charge in [0.05, 0.1) is 13.6 Å². The Morgan fingerprint density at radius 2 is 1.96 bits per heavy atom. The quantitative estimate of drug-likeness (QED) is 0.439. The molecule has 3 nitrogen and oxygen atoms in total. The fourth-order valence-electron chi connectivity index (χ4n) is 3.15. The fourth-order valence-corrected chi connectivity index (χ4v) is 6.71. The summed E-state index contributed by atoms with van der Waals surface area (Å²) in [6, 6.07) is 10.3. The summed E-state index contributed by atoms with van der Waals surface area (Å²) in [5, 5.41) is 1.60. The Labute approximate surface area is 170 Å². The number of halogens is 3. The molecule has 1 aromatic heterocycles. The maximum Gasteiger partial charge on any atom is 0.256 e. The SMILES string of the molecule is C[Si](C)(Cc1ccc(Cl)cc1Cl)CN(C(=O)c1cccnc1Cl)C1CC1. The zero-order valence-electron chi connectivity index (χ0n) is 14.8. The molecule has 0 radical (unpaired) electrons. The van der Waals surface area contributed by atoms with Gasteiger partial charge in [0.15, 0.2) is 0 Å². The van der Waals surface area contributed by atoms with Gasteiger partial charge in [-0.05, 0) is 48.7 Å². The highest BCUT2D eigenvalue weighted by atomic mass is 35.5. The number of pyridine rings is 1. The lowest BCUT2D eigenvalue weighted by atomic mass is 10.2. The zero-order chi connectivity index (χ0) is 18.9. The number of carbonyl (C=O) groups is 1. The van der Waals surface area contributed by atoms with E-state index in [9.17, 15) is 4.79 Å². The fraction of sp³-hybridized carbons (Fsp3) is 0.368. The minimum absolute atomic E-state index is 0.0200. The molecule has 3 rings (SSSR count). The summed E-state index contributed by atoms with van der Waals surface area (Å²) in [6.07, 6.45) is 4.47. The zero-order valence-corrected chi connectivity index (χ0v) is 18.1. The first kappa shape index (κ1) is 19.7. The molecule has 1 heterocycles. The van der Waals surface area contributed by atoms with E-state index in [1.54, 1.807) is 24.4 Å². The first-order valence-electron chi connectivity index (χ1n) is 8.62. The van der Waals surface area contributed by atoms with Crippen molar-refractivity contribution in [3.63, 3.8) is 0 Å². The number of hydrogen-bond acceptors (Lipinski definition) is 2. The van der Waals surface area contributed by atoms with Crippen LogP contribution in [0.15, 0.2) is 36.5 Å². The van der Waals surface area contributed by atoms with E-state index in [1.165, 1.54) is 0 Å². The molecule has 1 aliphatic carbocycles. The van der Waals surface area contributed by atoms with Crippen LogP contribution in [0.1, 0.15) is 28.8 Å². The van der Waals surface area contributed by atoms with E-state index in [0.29, 0.717) is 21.7 Å². The Kier molecular flexibility index (Phi) is 5.97. The summed E-state index contributed by atoms with van der Waals surface area (Å²) in [7, 11) is -1.78. The second-order valence-electron chi connectivity index (χ2n) is 7.58. The minimum Gasteiger partial charge on any atom is -0.338 e. The molecule has 1 amide bonds. The molecule has 0 atom stereocenters. The van der Waals surface area contributed by atoms with Gasteiger partial charge in [-0.25, -0.2) is 4.98 Å². The van der Waals surface area contributed by atoms with Crippen molar-refractivity contribution in [2.45, 2.75) is 38.0 Å². The molecule has 2 aromatic rings. The summed E-state index contributed by atoms with van der Waals surface area (Å²) in [5.74, 6) is -0.0200. The highest BCUT2D eigenvalue weighted by Crippen LogP contribution is 2.32. The highest BCUT2D eigenvalue weighted by Gasteiger charge is 2.38. The predicted octanol–water partition coefficient (Wildman–Crippen LogP) is 5.68. The Hall–Kier alpha value is -1.07. The van der Waals surface area contributed by atoms with Crippen molar-refractivity contribution in [2.75, 3.05) is 6.17 Å². The third-order valence-corrected chi connectivity index (χ3v) is 7.94. The van der Waals surface area contributed by atoms with Crippen molar-refractivity contribution in [2.24, 2.45) is 0 Å². The lowest BCUT2D eigenvalue weighted by Crippen LogP contribution is -2.48. The number of benzene rings is 1. The van der Waals surface area contributed by atoms with Crippen LogP contribution in [0, 0.1) is 0 Å². The van der Waals surface area contributed by atoms with Crippen molar-refractivity contribution in [3.05, 3.63) is 62.9 Å². The molecular formula is C19H21Cl3N2OSi. The van der Waals surface area contributed by atoms with Gasteiger partial charge in [-0.1, -0.05) is 54.0 Å². The van der Waals surface area contributed by atoms with Crippen LogP contribution in [0.25, 0.3) is 0 Å². The molecule has 0 spiro atoms. The van der Waals surface area contributed by atoms with Crippen molar-refractivity contribution < 1.29 is 4.79 Å². The van der Waals surface area contributed by atoms with Crippen LogP contribution in [-0.2, 0) is 6.04 Å². The van der Waals surface area contributed by atoms with Gasteiger partial charge in [0.25, 0.3) is 5.91 Å². The number of aromatic nitrogens is 1. The summed E-state index contributed by atoms with van der Waals surface area (Å²) >= 11 is 18.5. The average molecular weight is 428 g/mol. The standard InChI is InChI=1S/C19H21Cl3N2OSi/c1-26(2,11-13-5-6-14(20)10-17(13)21)12-24(15-7-8-15)19(25)16-4-3-9-23-18(16)22/h3-6,9-10,15H,7-8,11-12H2,1-2H3. The van der Waals surface area contributed by atoms with Gasteiger partial charge in [0.2, 0.25) is 0 Å². The van der Waals surface area contributed by atoms with E-state index >= 15 is 0 Å². The van der Waals surface area contributed by atoms with Gasteiger partial charge in [-0.2, -0.15) is 0 Å². The van der Waals surface area contributed by atoms with Gasteiger partial charge < -0.3 is 4.90 Å². The topological polar surface area (TPSA) is 33.2 Å². The molecule has 0 aliphatic heterocycles. The Morgan fingerprint density at radius 3 is 2.58 bits per heavy atom. The van der Waals surface area contributed by atoms with Gasteiger partial charge in [0.1, 0.15) is 5.15 Å². The molecule has 1 saturated carbocycles. The van der Waals surface area contributed by atoms with E-state index in [1.807, 2.05) is 17.0 Å². The maximum atomic E-state index is 13.1. The molecule has 26 heavy (non-hydrogen) atoms. The van der Waals surface area contributed by atoms with Crippen LogP contribution in [0.2, 0.25) is 28.3 Å². The van der Waals surface area contributed by atoms with Crippen LogP contribution in [0.4, 0.5) is 0 Å². The maximum absolute atomic E-state index is 13.1. The average Bonchev–Trinajstić information content (AvgIpc) is 3.40. The lowest BCUT2D eigenvalue weighted by molar-refractivity contribution is 0.0768. The van der Waals surface area contributed by atoms with Crippen LogP contribution >= 0.6 is 34.8 Å². The van der Waals surface area contributed by atoms with Crippen LogP contribution in [0.5, 0.6) is 0 Å². The van der Waals surface area contributed by atoms with Crippen molar-refractivity contribution in [1.82, 2.24) is 9.88 Å². The molecule has 1 aromatic carbocycles. The molecule has 1 aliphatic rings. The molecule has 0 bridgehead atoms. The van der Waals surface area contributed by atoms with Crippen molar-refractivity contribution in [3.8, 4) is 0 Å². The van der Waals surface area contributed by atoms with E-state index in [4.69, 9.17) is 34.8 Å². The number of amides is 1. The Balaban J connectivity index is 1.79. The van der Waals surface area contributed by atoms with Crippen LogP contribution in [0.3, 0.4) is 0 Å². The first-order valence-corrected chi connectivity index (χ1v) is 13.2. The first-order chi connectivity index (χ1) is 12.3. The largest absolute Gasteiger partial charge is 0.338 e. The third kappa shape index (κ3) is 4.80. The molecule has 7 heteroatoms. The number of carbonyl (C=O) groups excluding carboxylic acids is 1. The molecule has 0 N–H and O–H groups in total. The van der Waals surface area contributed by atoms with E-state index in [-0.39, 0.29) is 11.1 Å². The van der Waals surface area contributed by atoms with E-state index in [2.05, 4.69) is 18.1 Å². The monoisotopic (exact) mass is 426 g/mol.